The third-order valence-corrected chi connectivity index (χ3v) is 2.74. The van der Waals surface area contributed by atoms with E-state index in [4.69, 9.17) is 5.11 Å². The summed E-state index contributed by atoms with van der Waals surface area (Å²) >= 11 is 0. The van der Waals surface area contributed by atoms with Crippen LogP contribution in [0, 0.1) is 0 Å². The molecule has 4 nitrogen and oxygen atoms in total. The molecule has 2 N–H and O–H groups in total. The zero-order valence-corrected chi connectivity index (χ0v) is 8.44. The molecule has 0 amide bonds. The predicted octanol–water partition coefficient (Wildman–Crippen LogP) is 1.42. The van der Waals surface area contributed by atoms with Crippen LogP contribution in [0.5, 0.6) is 0 Å². The van der Waals surface area contributed by atoms with E-state index in [0.717, 1.165) is 12.1 Å². The Kier molecular flexibility index (Phi) is 2.97. The van der Waals surface area contributed by atoms with Crippen LogP contribution in [-0.2, 0) is 6.54 Å². The maximum Gasteiger partial charge on any atom is 0.354 e. The fourth-order valence-electron chi connectivity index (χ4n) is 1.53. The van der Waals surface area contributed by atoms with Gasteiger partial charge >= 0.3 is 5.97 Å². The maximum absolute atomic E-state index is 10.6. The average Bonchev–Trinajstić information content (AvgIpc) is 2.16. The van der Waals surface area contributed by atoms with Gasteiger partial charge in [0.25, 0.3) is 0 Å². The van der Waals surface area contributed by atoms with Gasteiger partial charge < -0.3 is 10.4 Å². The summed E-state index contributed by atoms with van der Waals surface area (Å²) in [6.07, 6.45) is 5.43. The highest BCUT2D eigenvalue weighted by molar-refractivity contribution is 5.85. The van der Waals surface area contributed by atoms with Gasteiger partial charge in [-0.05, 0) is 24.5 Å². The Hall–Kier alpha value is -1.42. The maximum atomic E-state index is 10.6. The molecular weight excluding hydrogens is 192 g/mol. The number of pyridine rings is 1. The van der Waals surface area contributed by atoms with Crippen LogP contribution in [-0.4, -0.2) is 22.1 Å². The summed E-state index contributed by atoms with van der Waals surface area (Å²) in [5, 5.41) is 12.1. The summed E-state index contributed by atoms with van der Waals surface area (Å²) in [4.78, 5) is 14.4. The van der Waals surface area contributed by atoms with Gasteiger partial charge in [-0.15, -0.1) is 0 Å². The molecule has 1 fully saturated rings. The van der Waals surface area contributed by atoms with Crippen molar-refractivity contribution in [3.05, 3.63) is 29.6 Å². The fraction of sp³-hybridized carbons (Fsp3) is 0.455. The molecule has 0 unspecified atom stereocenters. The lowest BCUT2D eigenvalue weighted by Gasteiger charge is -2.26. The lowest BCUT2D eigenvalue weighted by molar-refractivity contribution is 0.0690. The molecule has 0 aliphatic heterocycles. The minimum atomic E-state index is -0.978. The van der Waals surface area contributed by atoms with Crippen LogP contribution in [0.1, 0.15) is 35.3 Å². The molecule has 2 rings (SSSR count). The first-order chi connectivity index (χ1) is 7.25. The van der Waals surface area contributed by atoms with Crippen LogP contribution in [0.2, 0.25) is 0 Å². The SMILES string of the molecule is O=C(O)c1ccc(CNC2CCC2)cn1. The molecule has 0 saturated heterocycles. The molecule has 15 heavy (non-hydrogen) atoms. The van der Waals surface area contributed by atoms with E-state index in [1.54, 1.807) is 12.3 Å². The van der Waals surface area contributed by atoms with E-state index in [2.05, 4.69) is 10.3 Å². The van der Waals surface area contributed by atoms with Crippen LogP contribution in [0.25, 0.3) is 0 Å². The number of hydrogen-bond donors (Lipinski definition) is 2. The molecule has 1 saturated carbocycles. The highest BCUT2D eigenvalue weighted by Crippen LogP contribution is 2.18. The van der Waals surface area contributed by atoms with Gasteiger partial charge in [0.15, 0.2) is 0 Å². The minimum absolute atomic E-state index is 0.0994. The van der Waals surface area contributed by atoms with Gasteiger partial charge in [-0.25, -0.2) is 9.78 Å². The van der Waals surface area contributed by atoms with Crippen molar-refractivity contribution < 1.29 is 9.90 Å². The van der Waals surface area contributed by atoms with Crippen LogP contribution in [0.15, 0.2) is 18.3 Å². The monoisotopic (exact) mass is 206 g/mol. The number of aromatic nitrogens is 1. The Bertz CT molecular complexity index is 344. The van der Waals surface area contributed by atoms with Gasteiger partial charge in [-0.2, -0.15) is 0 Å². The fourth-order valence-corrected chi connectivity index (χ4v) is 1.53. The molecule has 1 aliphatic carbocycles. The molecule has 0 radical (unpaired) electrons. The third-order valence-electron chi connectivity index (χ3n) is 2.74. The molecule has 80 valence electrons. The van der Waals surface area contributed by atoms with Gasteiger partial charge in [-0.1, -0.05) is 12.5 Å². The van der Waals surface area contributed by atoms with Gasteiger partial charge in [0.2, 0.25) is 0 Å². The second-order valence-corrected chi connectivity index (χ2v) is 3.87. The molecule has 1 heterocycles. The summed E-state index contributed by atoms with van der Waals surface area (Å²) in [7, 11) is 0. The van der Waals surface area contributed by atoms with Gasteiger partial charge in [0.05, 0.1) is 0 Å². The van der Waals surface area contributed by atoms with Crippen LogP contribution in [0.3, 0.4) is 0 Å². The molecule has 0 aromatic carbocycles. The normalized spacial score (nSPS) is 16.0. The molecule has 1 aliphatic rings. The summed E-state index contributed by atoms with van der Waals surface area (Å²) in [6.45, 7) is 0.775. The van der Waals surface area contributed by atoms with Crippen molar-refractivity contribution >= 4 is 5.97 Å². The Morgan fingerprint density at radius 1 is 1.53 bits per heavy atom. The molecule has 0 spiro atoms. The summed E-state index contributed by atoms with van der Waals surface area (Å²) in [6, 6.07) is 3.99. The smallest absolute Gasteiger partial charge is 0.354 e. The van der Waals surface area contributed by atoms with E-state index in [0.29, 0.717) is 6.04 Å². The van der Waals surface area contributed by atoms with Gasteiger partial charge in [0.1, 0.15) is 5.69 Å². The molecule has 1 aromatic heterocycles. The number of carbonyl (C=O) groups is 1. The summed E-state index contributed by atoms with van der Waals surface area (Å²) < 4.78 is 0. The van der Waals surface area contributed by atoms with Crippen molar-refractivity contribution in [1.82, 2.24) is 10.3 Å². The number of hydrogen-bond acceptors (Lipinski definition) is 3. The van der Waals surface area contributed by atoms with Gasteiger partial charge in [-0.3, -0.25) is 0 Å². The van der Waals surface area contributed by atoms with Crippen molar-refractivity contribution in [2.24, 2.45) is 0 Å². The number of nitrogens with zero attached hydrogens (tertiary/aromatic N) is 1. The van der Waals surface area contributed by atoms with Crippen molar-refractivity contribution in [2.45, 2.75) is 31.8 Å². The lowest BCUT2D eigenvalue weighted by Crippen LogP contribution is -2.34. The van der Waals surface area contributed by atoms with E-state index >= 15 is 0 Å². The molecule has 1 aromatic rings. The first-order valence-electron chi connectivity index (χ1n) is 5.17. The van der Waals surface area contributed by atoms with Crippen LogP contribution >= 0.6 is 0 Å². The van der Waals surface area contributed by atoms with Crippen molar-refractivity contribution in [1.29, 1.82) is 0 Å². The highest BCUT2D eigenvalue weighted by Gasteiger charge is 2.16. The molecular formula is C11H14N2O2. The van der Waals surface area contributed by atoms with Crippen LogP contribution in [0.4, 0.5) is 0 Å². The standard InChI is InChI=1S/C11H14N2O2/c14-11(15)10-5-4-8(7-13-10)6-12-9-2-1-3-9/h4-5,7,9,12H,1-3,6H2,(H,14,15). The zero-order valence-electron chi connectivity index (χ0n) is 8.44. The molecule has 4 heteroatoms. The second kappa shape index (κ2) is 4.40. The summed E-state index contributed by atoms with van der Waals surface area (Å²) in [5.41, 5.74) is 1.13. The number of carboxylic acid groups (broad SMARTS) is 1. The average molecular weight is 206 g/mol. The number of nitrogens with one attached hydrogen (secondary N) is 1. The molecule has 0 bridgehead atoms. The highest BCUT2D eigenvalue weighted by atomic mass is 16.4. The Morgan fingerprint density at radius 2 is 2.33 bits per heavy atom. The van der Waals surface area contributed by atoms with Crippen molar-refractivity contribution in [3.8, 4) is 0 Å². The molecule has 0 atom stereocenters. The van der Waals surface area contributed by atoms with Crippen molar-refractivity contribution in [3.63, 3.8) is 0 Å². The topological polar surface area (TPSA) is 62.2 Å². The number of aromatic carboxylic acids is 1. The predicted molar refractivity (Wildman–Crippen MR) is 55.7 cm³/mol. The first-order valence-corrected chi connectivity index (χ1v) is 5.17. The lowest BCUT2D eigenvalue weighted by atomic mass is 9.93. The zero-order chi connectivity index (χ0) is 10.7. The first kappa shape index (κ1) is 10.1. The van der Waals surface area contributed by atoms with Crippen LogP contribution < -0.4 is 5.32 Å². The van der Waals surface area contributed by atoms with E-state index in [1.807, 2.05) is 6.07 Å². The summed E-state index contributed by atoms with van der Waals surface area (Å²) in [5.74, 6) is -0.978. The van der Waals surface area contributed by atoms with E-state index in [-0.39, 0.29) is 5.69 Å². The van der Waals surface area contributed by atoms with Crippen molar-refractivity contribution in [2.75, 3.05) is 0 Å². The Balaban J connectivity index is 1.88. The number of carboxylic acids is 1. The van der Waals surface area contributed by atoms with Gasteiger partial charge in [0, 0.05) is 18.8 Å². The van der Waals surface area contributed by atoms with E-state index < -0.39 is 5.97 Å². The second-order valence-electron chi connectivity index (χ2n) is 3.87. The third kappa shape index (κ3) is 2.53. The Morgan fingerprint density at radius 3 is 2.80 bits per heavy atom. The van der Waals surface area contributed by atoms with E-state index in [9.17, 15) is 4.79 Å². The quantitative estimate of drug-likeness (QED) is 0.782. The number of rotatable bonds is 4. The minimum Gasteiger partial charge on any atom is -0.477 e. The Labute approximate surface area is 88.3 Å². The van der Waals surface area contributed by atoms with E-state index in [1.165, 1.54) is 19.3 Å². The largest absolute Gasteiger partial charge is 0.477 e.